The molecule has 1 unspecified atom stereocenters. The van der Waals surface area contributed by atoms with Gasteiger partial charge in [0.2, 0.25) is 11.8 Å². The zero-order valence-corrected chi connectivity index (χ0v) is 12.1. The summed E-state index contributed by atoms with van der Waals surface area (Å²) in [5.74, 6) is -0.191. The molecule has 1 aliphatic heterocycles. The van der Waals surface area contributed by atoms with Crippen LogP contribution in [0.5, 0.6) is 0 Å². The van der Waals surface area contributed by atoms with Crippen molar-refractivity contribution < 1.29 is 14.3 Å². The first-order valence-electron chi connectivity index (χ1n) is 6.71. The highest BCUT2D eigenvalue weighted by Crippen LogP contribution is 2.21. The Balaban J connectivity index is 2.15. The Morgan fingerprint density at radius 1 is 1.40 bits per heavy atom. The van der Waals surface area contributed by atoms with Crippen molar-refractivity contribution in [3.8, 4) is 0 Å². The van der Waals surface area contributed by atoms with Crippen LogP contribution in [0.15, 0.2) is 24.3 Å². The Bertz CT molecular complexity index is 516. The van der Waals surface area contributed by atoms with E-state index in [1.165, 1.54) is 7.11 Å². The van der Waals surface area contributed by atoms with E-state index in [2.05, 4.69) is 0 Å². The number of carbonyl (C=O) groups is 2. The Labute approximate surface area is 119 Å². The molecule has 108 valence electrons. The number of piperazine rings is 1. The number of rotatable bonds is 3. The lowest BCUT2D eigenvalue weighted by Crippen LogP contribution is -2.58. The van der Waals surface area contributed by atoms with Crippen LogP contribution in [0.25, 0.3) is 0 Å². The maximum absolute atomic E-state index is 12.4. The van der Waals surface area contributed by atoms with E-state index in [1.54, 1.807) is 16.7 Å². The standard InChI is InChI=1S/C15H20N2O3/c1-11-5-4-6-13(9-11)17-8-7-16(12(2)15(17)19)14(18)10-20-3/h4-6,9,12H,7-8,10H2,1-3H3. The second-order valence-electron chi connectivity index (χ2n) is 5.02. The van der Waals surface area contributed by atoms with Gasteiger partial charge in [-0.1, -0.05) is 12.1 Å². The normalized spacial score (nSPS) is 19.4. The highest BCUT2D eigenvalue weighted by Gasteiger charge is 2.34. The molecule has 0 aromatic heterocycles. The van der Waals surface area contributed by atoms with Crippen LogP contribution in [0.3, 0.4) is 0 Å². The molecule has 1 fully saturated rings. The minimum absolute atomic E-state index is 0.0159. The van der Waals surface area contributed by atoms with Crippen LogP contribution in [0, 0.1) is 6.92 Å². The van der Waals surface area contributed by atoms with Crippen molar-refractivity contribution in [3.05, 3.63) is 29.8 Å². The number of carbonyl (C=O) groups excluding carboxylic acids is 2. The van der Waals surface area contributed by atoms with Crippen molar-refractivity contribution in [1.29, 1.82) is 0 Å². The number of anilines is 1. The third-order valence-corrected chi connectivity index (χ3v) is 3.56. The van der Waals surface area contributed by atoms with Crippen LogP contribution in [0.4, 0.5) is 5.69 Å². The number of nitrogens with zero attached hydrogens (tertiary/aromatic N) is 2. The van der Waals surface area contributed by atoms with E-state index in [0.29, 0.717) is 13.1 Å². The van der Waals surface area contributed by atoms with Gasteiger partial charge in [-0.15, -0.1) is 0 Å². The molecule has 2 rings (SSSR count). The van der Waals surface area contributed by atoms with Crippen LogP contribution >= 0.6 is 0 Å². The zero-order valence-electron chi connectivity index (χ0n) is 12.1. The van der Waals surface area contributed by atoms with Gasteiger partial charge >= 0.3 is 0 Å². The average molecular weight is 276 g/mol. The minimum Gasteiger partial charge on any atom is -0.375 e. The van der Waals surface area contributed by atoms with Gasteiger partial charge in [0.1, 0.15) is 12.6 Å². The second-order valence-corrected chi connectivity index (χ2v) is 5.02. The lowest BCUT2D eigenvalue weighted by Gasteiger charge is -2.39. The summed E-state index contributed by atoms with van der Waals surface area (Å²) in [5.41, 5.74) is 2.00. The lowest BCUT2D eigenvalue weighted by atomic mass is 10.1. The van der Waals surface area contributed by atoms with E-state index >= 15 is 0 Å². The molecule has 1 aliphatic rings. The zero-order chi connectivity index (χ0) is 14.7. The molecule has 1 aromatic carbocycles. The molecule has 0 radical (unpaired) electrons. The topological polar surface area (TPSA) is 49.9 Å². The predicted octanol–water partition coefficient (Wildman–Crippen LogP) is 1.21. The van der Waals surface area contributed by atoms with Crippen LogP contribution in [0.2, 0.25) is 0 Å². The fourth-order valence-corrected chi connectivity index (χ4v) is 2.47. The lowest BCUT2D eigenvalue weighted by molar-refractivity contribution is -0.143. The van der Waals surface area contributed by atoms with Crippen LogP contribution < -0.4 is 4.90 Å². The smallest absolute Gasteiger partial charge is 0.249 e. The van der Waals surface area contributed by atoms with Crippen LogP contribution in [-0.2, 0) is 14.3 Å². The SMILES string of the molecule is COCC(=O)N1CCN(c2cccc(C)c2)C(=O)C1C. The summed E-state index contributed by atoms with van der Waals surface area (Å²) in [5, 5.41) is 0. The Morgan fingerprint density at radius 3 is 2.80 bits per heavy atom. The molecule has 1 saturated heterocycles. The first-order valence-corrected chi connectivity index (χ1v) is 6.71. The van der Waals surface area contributed by atoms with Crippen LogP contribution in [0.1, 0.15) is 12.5 Å². The number of amides is 2. The molecule has 20 heavy (non-hydrogen) atoms. The first kappa shape index (κ1) is 14.5. The number of hydrogen-bond acceptors (Lipinski definition) is 3. The van der Waals surface area contributed by atoms with Crippen molar-refractivity contribution >= 4 is 17.5 Å². The summed E-state index contributed by atoms with van der Waals surface area (Å²) >= 11 is 0. The van der Waals surface area contributed by atoms with Gasteiger partial charge in [0.05, 0.1) is 0 Å². The summed E-state index contributed by atoms with van der Waals surface area (Å²) in [6.45, 7) is 4.82. The third-order valence-electron chi connectivity index (χ3n) is 3.56. The van der Waals surface area contributed by atoms with Gasteiger partial charge < -0.3 is 14.5 Å². The molecule has 5 nitrogen and oxygen atoms in total. The maximum atomic E-state index is 12.4. The predicted molar refractivity (Wildman–Crippen MR) is 76.6 cm³/mol. The molecule has 5 heteroatoms. The summed E-state index contributed by atoms with van der Waals surface area (Å²) in [7, 11) is 1.48. The van der Waals surface area contributed by atoms with Crippen molar-refractivity contribution in [1.82, 2.24) is 4.90 Å². The summed E-state index contributed by atoms with van der Waals surface area (Å²) in [6.07, 6.45) is 0. The summed E-state index contributed by atoms with van der Waals surface area (Å²) in [4.78, 5) is 27.7. The molecule has 0 aliphatic carbocycles. The number of methoxy groups -OCH3 is 1. The summed E-state index contributed by atoms with van der Waals surface area (Å²) < 4.78 is 4.85. The van der Waals surface area contributed by atoms with Crippen LogP contribution in [-0.4, -0.2) is 49.6 Å². The molecule has 1 aromatic rings. The summed E-state index contributed by atoms with van der Waals surface area (Å²) in [6, 6.07) is 7.38. The minimum atomic E-state index is -0.452. The van der Waals surface area contributed by atoms with Crippen molar-refractivity contribution in [2.24, 2.45) is 0 Å². The van der Waals surface area contributed by atoms with Gasteiger partial charge in [0.15, 0.2) is 0 Å². The third kappa shape index (κ3) is 2.82. The maximum Gasteiger partial charge on any atom is 0.249 e. The Hall–Kier alpha value is -1.88. The average Bonchev–Trinajstić information content (AvgIpc) is 2.42. The van der Waals surface area contributed by atoms with Gasteiger partial charge in [0.25, 0.3) is 0 Å². The molecule has 0 spiro atoms. The molecular weight excluding hydrogens is 256 g/mol. The highest BCUT2D eigenvalue weighted by atomic mass is 16.5. The van der Waals surface area contributed by atoms with Gasteiger partial charge in [-0.25, -0.2) is 0 Å². The molecule has 0 saturated carbocycles. The fourth-order valence-electron chi connectivity index (χ4n) is 2.47. The van der Waals surface area contributed by atoms with Crippen molar-refractivity contribution in [2.45, 2.75) is 19.9 Å². The van der Waals surface area contributed by atoms with E-state index in [4.69, 9.17) is 4.74 Å². The second kappa shape index (κ2) is 6.05. The molecular formula is C15H20N2O3. The quantitative estimate of drug-likeness (QED) is 0.833. The van der Waals surface area contributed by atoms with Gasteiger partial charge in [0, 0.05) is 25.9 Å². The van der Waals surface area contributed by atoms with E-state index in [1.807, 2.05) is 31.2 Å². The molecule has 2 amide bonds. The molecule has 0 N–H and O–H groups in total. The number of ether oxygens (including phenoxy) is 1. The van der Waals surface area contributed by atoms with Gasteiger partial charge in [-0.3, -0.25) is 9.59 Å². The van der Waals surface area contributed by atoms with Crippen molar-refractivity contribution in [2.75, 3.05) is 31.7 Å². The van der Waals surface area contributed by atoms with Crippen molar-refractivity contribution in [3.63, 3.8) is 0 Å². The van der Waals surface area contributed by atoms with Gasteiger partial charge in [-0.05, 0) is 31.5 Å². The van der Waals surface area contributed by atoms with E-state index in [9.17, 15) is 9.59 Å². The molecule has 0 bridgehead atoms. The number of hydrogen-bond donors (Lipinski definition) is 0. The number of aryl methyl sites for hydroxylation is 1. The molecule has 1 heterocycles. The monoisotopic (exact) mass is 276 g/mol. The molecule has 1 atom stereocenters. The Kier molecular flexibility index (Phi) is 4.39. The van der Waals surface area contributed by atoms with Gasteiger partial charge in [-0.2, -0.15) is 0 Å². The fraction of sp³-hybridized carbons (Fsp3) is 0.467. The largest absolute Gasteiger partial charge is 0.375 e. The van der Waals surface area contributed by atoms with E-state index < -0.39 is 6.04 Å². The van der Waals surface area contributed by atoms with E-state index in [-0.39, 0.29) is 18.4 Å². The van der Waals surface area contributed by atoms with E-state index in [0.717, 1.165) is 11.3 Å². The highest BCUT2D eigenvalue weighted by molar-refractivity contribution is 6.00. The first-order chi connectivity index (χ1) is 9.54. The Morgan fingerprint density at radius 2 is 2.15 bits per heavy atom. The number of benzene rings is 1.